The van der Waals surface area contributed by atoms with E-state index in [0.717, 1.165) is 26.1 Å². The van der Waals surface area contributed by atoms with Crippen LogP contribution in [0.4, 0.5) is 0 Å². The molecule has 1 N–H and O–H groups in total. The summed E-state index contributed by atoms with van der Waals surface area (Å²) in [5, 5.41) is 10.8. The third kappa shape index (κ3) is 4.05. The van der Waals surface area contributed by atoms with Gasteiger partial charge in [-0.15, -0.1) is 0 Å². The summed E-state index contributed by atoms with van der Waals surface area (Å²) in [4.78, 5) is 34.5. The molecule has 0 saturated heterocycles. The molecule has 0 bridgehead atoms. The maximum absolute atomic E-state index is 13.5. The molecule has 32 heavy (non-hydrogen) atoms. The van der Waals surface area contributed by atoms with Crippen LogP contribution < -0.4 is 9.47 Å². The van der Waals surface area contributed by atoms with Gasteiger partial charge in [0.1, 0.15) is 0 Å². The maximum Gasteiger partial charge on any atom is 0.290 e. The van der Waals surface area contributed by atoms with E-state index in [1.807, 2.05) is 6.07 Å². The number of nitrogens with zero attached hydrogens (tertiary/aromatic N) is 3. The lowest BCUT2D eigenvalue weighted by Crippen LogP contribution is -2.34. The van der Waals surface area contributed by atoms with Crippen molar-refractivity contribution in [2.45, 2.75) is 26.3 Å². The Hall–Kier alpha value is -3.39. The van der Waals surface area contributed by atoms with E-state index in [9.17, 15) is 14.7 Å². The summed E-state index contributed by atoms with van der Waals surface area (Å²) in [5.74, 6) is -0.445. The van der Waals surface area contributed by atoms with E-state index in [1.54, 1.807) is 41.6 Å². The summed E-state index contributed by atoms with van der Waals surface area (Å²) in [6, 6.07) is 7.72. The third-order valence-electron chi connectivity index (χ3n) is 5.95. The molecule has 3 heterocycles. The van der Waals surface area contributed by atoms with Crippen molar-refractivity contribution >= 4 is 11.7 Å². The van der Waals surface area contributed by atoms with E-state index in [-0.39, 0.29) is 12.4 Å². The molecule has 0 fully saturated rings. The van der Waals surface area contributed by atoms with Crippen molar-refractivity contribution in [3.63, 3.8) is 0 Å². The highest BCUT2D eigenvalue weighted by molar-refractivity contribution is 6.16. The number of amides is 1. The number of fused-ring (bicyclic) bond motifs is 1. The van der Waals surface area contributed by atoms with Gasteiger partial charge in [-0.05, 0) is 55.9 Å². The van der Waals surface area contributed by atoms with Crippen LogP contribution in [0.1, 0.15) is 42.2 Å². The zero-order valence-corrected chi connectivity index (χ0v) is 18.3. The first kappa shape index (κ1) is 21.8. The third-order valence-corrected chi connectivity index (χ3v) is 5.95. The Morgan fingerprint density at radius 3 is 2.72 bits per heavy atom. The molecule has 2 aliphatic rings. The number of hydrogen-bond acceptors (Lipinski definition) is 7. The van der Waals surface area contributed by atoms with Crippen LogP contribution in [0.5, 0.6) is 11.5 Å². The fourth-order valence-corrected chi connectivity index (χ4v) is 4.20. The molecule has 8 nitrogen and oxygen atoms in total. The molecule has 2 aliphatic heterocycles. The predicted molar refractivity (Wildman–Crippen MR) is 118 cm³/mol. The average molecular weight is 437 g/mol. The Morgan fingerprint density at radius 1 is 1.22 bits per heavy atom. The lowest BCUT2D eigenvalue weighted by molar-refractivity contribution is -0.129. The largest absolute Gasteiger partial charge is 0.503 e. The van der Waals surface area contributed by atoms with Crippen LogP contribution in [-0.4, -0.2) is 64.6 Å². The van der Waals surface area contributed by atoms with Crippen LogP contribution in [0.2, 0.25) is 0 Å². The normalized spacial score (nSPS) is 17.5. The molecule has 0 saturated carbocycles. The number of ether oxygens (including phenoxy) is 2. The number of benzene rings is 1. The maximum atomic E-state index is 13.5. The number of rotatable bonds is 9. The van der Waals surface area contributed by atoms with Gasteiger partial charge in [0, 0.05) is 24.5 Å². The van der Waals surface area contributed by atoms with E-state index in [4.69, 9.17) is 9.47 Å². The van der Waals surface area contributed by atoms with Crippen molar-refractivity contribution in [2.75, 3.05) is 33.0 Å². The van der Waals surface area contributed by atoms with Gasteiger partial charge in [0.2, 0.25) is 6.79 Å². The number of aliphatic hydroxyl groups excluding tert-OH is 1. The van der Waals surface area contributed by atoms with Crippen molar-refractivity contribution in [1.29, 1.82) is 0 Å². The minimum Gasteiger partial charge on any atom is -0.503 e. The van der Waals surface area contributed by atoms with Crippen molar-refractivity contribution in [1.82, 2.24) is 14.8 Å². The Bertz CT molecular complexity index is 1030. The highest BCUT2D eigenvalue weighted by Crippen LogP contribution is 2.40. The van der Waals surface area contributed by atoms with Gasteiger partial charge < -0.3 is 24.4 Å². The quantitative estimate of drug-likeness (QED) is 0.603. The SMILES string of the molecule is CCN(CC)CCCN1C(=O)C(O)=C(C(=O)c2ccc3c(c2)OCO3)C1c1cccnc1. The van der Waals surface area contributed by atoms with E-state index in [1.165, 1.54) is 0 Å². The van der Waals surface area contributed by atoms with Gasteiger partial charge in [-0.25, -0.2) is 0 Å². The van der Waals surface area contributed by atoms with E-state index < -0.39 is 23.5 Å². The molecule has 0 spiro atoms. The highest BCUT2D eigenvalue weighted by Gasteiger charge is 2.43. The van der Waals surface area contributed by atoms with E-state index in [2.05, 4.69) is 23.7 Å². The number of Topliss-reactive ketones (excluding diaryl/α,β-unsaturated/α-hetero) is 1. The Morgan fingerprint density at radius 2 is 2.00 bits per heavy atom. The standard InChI is InChI=1S/C24H27N3O5/c1-3-26(4-2)11-6-12-27-21(17-7-5-10-25-14-17)20(23(29)24(27)30)22(28)16-8-9-18-19(13-16)32-15-31-18/h5,7-10,13-14,21,29H,3-4,6,11-12,15H2,1-2H3. The van der Waals surface area contributed by atoms with Gasteiger partial charge in [0.05, 0.1) is 11.6 Å². The average Bonchev–Trinajstić information content (AvgIpc) is 3.39. The van der Waals surface area contributed by atoms with Crippen LogP contribution in [0.25, 0.3) is 0 Å². The first-order chi connectivity index (χ1) is 15.5. The molecule has 1 aromatic heterocycles. The Kier molecular flexibility index (Phi) is 6.41. The number of aromatic nitrogens is 1. The monoisotopic (exact) mass is 437 g/mol. The lowest BCUT2D eigenvalue weighted by Gasteiger charge is -2.27. The Labute approximate surface area is 187 Å². The number of ketones is 1. The molecule has 2 aromatic rings. The van der Waals surface area contributed by atoms with Crippen LogP contribution in [0, 0.1) is 0 Å². The fourth-order valence-electron chi connectivity index (χ4n) is 4.20. The molecule has 1 unspecified atom stereocenters. The smallest absolute Gasteiger partial charge is 0.290 e. The minimum atomic E-state index is -0.703. The number of hydrogen-bond donors (Lipinski definition) is 1. The van der Waals surface area contributed by atoms with Crippen molar-refractivity contribution in [2.24, 2.45) is 0 Å². The van der Waals surface area contributed by atoms with Crippen LogP contribution in [0.3, 0.4) is 0 Å². The molecule has 0 radical (unpaired) electrons. The second kappa shape index (κ2) is 9.40. The van der Waals surface area contributed by atoms with Gasteiger partial charge in [-0.3, -0.25) is 14.6 Å². The van der Waals surface area contributed by atoms with Gasteiger partial charge in [-0.2, -0.15) is 0 Å². The lowest BCUT2D eigenvalue weighted by atomic mass is 9.93. The van der Waals surface area contributed by atoms with Crippen LogP contribution in [-0.2, 0) is 4.79 Å². The second-order valence-electron chi connectivity index (χ2n) is 7.73. The fraction of sp³-hybridized carbons (Fsp3) is 0.375. The molecule has 4 rings (SSSR count). The van der Waals surface area contributed by atoms with E-state index in [0.29, 0.717) is 29.2 Å². The van der Waals surface area contributed by atoms with Crippen LogP contribution in [0.15, 0.2) is 54.1 Å². The summed E-state index contributed by atoms with van der Waals surface area (Å²) < 4.78 is 10.7. The summed E-state index contributed by atoms with van der Waals surface area (Å²) >= 11 is 0. The molecule has 8 heteroatoms. The molecular weight excluding hydrogens is 410 g/mol. The number of carbonyl (C=O) groups excluding carboxylic acids is 2. The zero-order valence-electron chi connectivity index (χ0n) is 18.3. The summed E-state index contributed by atoms with van der Waals surface area (Å²) in [5.41, 5.74) is 1.06. The number of pyridine rings is 1. The van der Waals surface area contributed by atoms with Crippen LogP contribution >= 0.6 is 0 Å². The van der Waals surface area contributed by atoms with Gasteiger partial charge >= 0.3 is 0 Å². The van der Waals surface area contributed by atoms with Crippen molar-refractivity contribution in [3.8, 4) is 11.5 Å². The first-order valence-electron chi connectivity index (χ1n) is 10.9. The predicted octanol–water partition coefficient (Wildman–Crippen LogP) is 3.12. The molecule has 1 atom stereocenters. The molecule has 168 valence electrons. The summed E-state index contributed by atoms with van der Waals surface area (Å²) in [6.07, 6.45) is 3.98. The Balaban J connectivity index is 1.65. The topological polar surface area (TPSA) is 92.2 Å². The van der Waals surface area contributed by atoms with Gasteiger partial charge in [0.15, 0.2) is 23.0 Å². The van der Waals surface area contributed by atoms with Crippen molar-refractivity contribution in [3.05, 3.63) is 65.2 Å². The molecule has 0 aliphatic carbocycles. The molecule has 1 aromatic carbocycles. The second-order valence-corrected chi connectivity index (χ2v) is 7.73. The first-order valence-corrected chi connectivity index (χ1v) is 10.9. The van der Waals surface area contributed by atoms with Gasteiger partial charge in [0.25, 0.3) is 5.91 Å². The summed E-state index contributed by atoms with van der Waals surface area (Å²) in [6.45, 7) is 7.37. The molecular formula is C24H27N3O5. The highest BCUT2D eigenvalue weighted by atomic mass is 16.7. The van der Waals surface area contributed by atoms with E-state index >= 15 is 0 Å². The zero-order chi connectivity index (χ0) is 22.7. The number of carbonyl (C=O) groups is 2. The minimum absolute atomic E-state index is 0.0599. The van der Waals surface area contributed by atoms with Crippen molar-refractivity contribution < 1.29 is 24.2 Å². The van der Waals surface area contributed by atoms with Gasteiger partial charge in [-0.1, -0.05) is 19.9 Å². The number of aliphatic hydroxyl groups is 1. The molecule has 1 amide bonds. The summed E-state index contributed by atoms with van der Waals surface area (Å²) in [7, 11) is 0.